The van der Waals surface area contributed by atoms with Gasteiger partial charge in [0.1, 0.15) is 0 Å². The highest BCUT2D eigenvalue weighted by atomic mass is 79.9. The molecule has 2 N–H and O–H groups in total. The molecule has 0 unspecified atom stereocenters. The Kier molecular flexibility index (Phi) is 8.19. The van der Waals surface area contributed by atoms with Crippen LogP contribution in [0.1, 0.15) is 36.9 Å². The summed E-state index contributed by atoms with van der Waals surface area (Å²) in [7, 11) is 0. The summed E-state index contributed by atoms with van der Waals surface area (Å²) >= 11 is 3.36. The predicted molar refractivity (Wildman–Crippen MR) is 111 cm³/mol. The third-order valence-corrected chi connectivity index (χ3v) is 4.55. The average Bonchev–Trinajstić information content (AvgIpc) is 2.67. The van der Waals surface area contributed by atoms with Crippen LogP contribution in [0.4, 0.5) is 5.69 Å². The summed E-state index contributed by atoms with van der Waals surface area (Å²) in [6, 6.07) is 14.8. The van der Waals surface area contributed by atoms with Crippen LogP contribution in [-0.2, 0) is 19.1 Å². The fourth-order valence-electron chi connectivity index (χ4n) is 2.52. The largest absolute Gasteiger partial charge is 0.456 e. The first-order valence-corrected chi connectivity index (χ1v) is 9.70. The summed E-state index contributed by atoms with van der Waals surface area (Å²) in [5, 5.41) is 5.52. The van der Waals surface area contributed by atoms with Gasteiger partial charge in [0.15, 0.2) is 6.61 Å². The van der Waals surface area contributed by atoms with Crippen molar-refractivity contribution in [1.82, 2.24) is 5.32 Å². The summed E-state index contributed by atoms with van der Waals surface area (Å²) in [5.41, 5.74) is 2.56. The number of halogens is 1. The Balaban J connectivity index is 1.69. The predicted octanol–water partition coefficient (Wildman–Crippen LogP) is 3.90. The molecule has 0 saturated carbocycles. The molecule has 2 amide bonds. The number of hydrogen-bond acceptors (Lipinski definition) is 4. The number of aryl methyl sites for hydroxylation is 1. The molecular weight excluding hydrogens is 424 g/mol. The average molecular weight is 447 g/mol. The van der Waals surface area contributed by atoms with E-state index in [4.69, 9.17) is 4.74 Å². The highest BCUT2D eigenvalue weighted by molar-refractivity contribution is 9.10. The number of anilines is 1. The molecule has 0 aliphatic rings. The monoisotopic (exact) mass is 446 g/mol. The van der Waals surface area contributed by atoms with E-state index in [0.717, 1.165) is 15.6 Å². The molecule has 2 aromatic carbocycles. The molecule has 2 aromatic rings. The number of nitrogens with one attached hydrogen (secondary N) is 2. The zero-order valence-corrected chi connectivity index (χ0v) is 17.4. The van der Waals surface area contributed by atoms with Crippen molar-refractivity contribution in [2.24, 2.45) is 0 Å². The second-order valence-electron chi connectivity index (χ2n) is 6.37. The summed E-state index contributed by atoms with van der Waals surface area (Å²) in [4.78, 5) is 35.7. The molecule has 0 heterocycles. The molecule has 0 aromatic heterocycles. The van der Waals surface area contributed by atoms with E-state index in [1.54, 1.807) is 6.07 Å². The molecule has 0 bridgehead atoms. The van der Waals surface area contributed by atoms with Crippen molar-refractivity contribution in [2.75, 3.05) is 11.9 Å². The molecule has 148 valence electrons. The maximum atomic E-state index is 12.0. The molecule has 2 rings (SSSR count). The molecule has 0 saturated heterocycles. The van der Waals surface area contributed by atoms with Gasteiger partial charge in [-0.15, -0.1) is 0 Å². The smallest absolute Gasteiger partial charge is 0.306 e. The molecular formula is C21H23BrN2O4. The highest BCUT2D eigenvalue weighted by Gasteiger charge is 2.13. The van der Waals surface area contributed by atoms with Gasteiger partial charge in [-0.3, -0.25) is 14.4 Å². The van der Waals surface area contributed by atoms with Gasteiger partial charge in [-0.05, 0) is 43.2 Å². The topological polar surface area (TPSA) is 84.5 Å². The second kappa shape index (κ2) is 10.6. The Morgan fingerprint density at radius 1 is 1.04 bits per heavy atom. The van der Waals surface area contributed by atoms with Gasteiger partial charge in [-0.25, -0.2) is 0 Å². The fourth-order valence-corrected chi connectivity index (χ4v) is 3.00. The number of amides is 2. The quantitative estimate of drug-likeness (QED) is 0.602. The van der Waals surface area contributed by atoms with Crippen LogP contribution in [-0.4, -0.2) is 24.4 Å². The Morgan fingerprint density at radius 2 is 1.75 bits per heavy atom. The molecule has 0 aliphatic heterocycles. The molecule has 6 nitrogen and oxygen atoms in total. The van der Waals surface area contributed by atoms with Crippen LogP contribution in [0.15, 0.2) is 53.0 Å². The molecule has 0 fully saturated rings. The van der Waals surface area contributed by atoms with Gasteiger partial charge in [-0.1, -0.05) is 46.3 Å². The minimum atomic E-state index is -0.592. The number of ether oxygens (including phenoxy) is 1. The van der Waals surface area contributed by atoms with Gasteiger partial charge in [0.2, 0.25) is 5.91 Å². The van der Waals surface area contributed by atoms with Crippen molar-refractivity contribution >= 4 is 39.4 Å². The lowest BCUT2D eigenvalue weighted by Crippen LogP contribution is -2.31. The van der Waals surface area contributed by atoms with Crippen molar-refractivity contribution in [3.05, 3.63) is 64.1 Å². The maximum absolute atomic E-state index is 12.0. The summed E-state index contributed by atoms with van der Waals surface area (Å²) in [5.74, 6) is -1.27. The van der Waals surface area contributed by atoms with Crippen LogP contribution in [0, 0.1) is 6.92 Å². The number of benzene rings is 2. The number of rotatable bonds is 8. The van der Waals surface area contributed by atoms with E-state index in [1.165, 1.54) is 0 Å². The summed E-state index contributed by atoms with van der Waals surface area (Å²) in [6.07, 6.45) is -0.112. The van der Waals surface area contributed by atoms with Gasteiger partial charge in [0.25, 0.3) is 5.91 Å². The van der Waals surface area contributed by atoms with Gasteiger partial charge in [0, 0.05) is 16.6 Å². The first-order chi connectivity index (χ1) is 13.3. The van der Waals surface area contributed by atoms with E-state index in [9.17, 15) is 14.4 Å². The normalized spacial score (nSPS) is 11.4. The minimum Gasteiger partial charge on any atom is -0.456 e. The highest BCUT2D eigenvalue weighted by Crippen LogP contribution is 2.20. The molecule has 0 radical (unpaired) electrons. The van der Waals surface area contributed by atoms with Crippen LogP contribution in [0.2, 0.25) is 0 Å². The van der Waals surface area contributed by atoms with Gasteiger partial charge in [0.05, 0.1) is 12.5 Å². The van der Waals surface area contributed by atoms with Crippen LogP contribution >= 0.6 is 15.9 Å². The lowest BCUT2D eigenvalue weighted by Gasteiger charge is -2.14. The van der Waals surface area contributed by atoms with Crippen LogP contribution < -0.4 is 10.6 Å². The lowest BCUT2D eigenvalue weighted by molar-refractivity contribution is -0.149. The van der Waals surface area contributed by atoms with E-state index < -0.39 is 5.97 Å². The van der Waals surface area contributed by atoms with E-state index in [0.29, 0.717) is 5.69 Å². The van der Waals surface area contributed by atoms with E-state index >= 15 is 0 Å². The Labute approximate surface area is 172 Å². The van der Waals surface area contributed by atoms with Crippen LogP contribution in [0.25, 0.3) is 0 Å². The minimum absolute atomic E-state index is 0.0175. The number of carbonyl (C=O) groups is 3. The zero-order chi connectivity index (χ0) is 20.5. The molecule has 7 heteroatoms. The fraction of sp³-hybridized carbons (Fsp3) is 0.286. The van der Waals surface area contributed by atoms with Crippen molar-refractivity contribution in [3.63, 3.8) is 0 Å². The number of hydrogen-bond donors (Lipinski definition) is 2. The number of esters is 1. The maximum Gasteiger partial charge on any atom is 0.306 e. The van der Waals surface area contributed by atoms with E-state index in [2.05, 4.69) is 26.6 Å². The number of carbonyl (C=O) groups excluding carboxylic acids is 3. The molecule has 0 spiro atoms. The van der Waals surface area contributed by atoms with E-state index in [-0.39, 0.29) is 37.3 Å². The molecule has 1 atom stereocenters. The summed E-state index contributed by atoms with van der Waals surface area (Å²) < 4.78 is 5.87. The lowest BCUT2D eigenvalue weighted by atomic mass is 10.1. The van der Waals surface area contributed by atoms with Crippen LogP contribution in [0.3, 0.4) is 0 Å². The second-order valence-corrected chi connectivity index (χ2v) is 7.28. The van der Waals surface area contributed by atoms with Crippen molar-refractivity contribution < 1.29 is 19.1 Å². The first kappa shape index (κ1) is 21.6. The Morgan fingerprint density at radius 3 is 2.43 bits per heavy atom. The van der Waals surface area contributed by atoms with Gasteiger partial charge < -0.3 is 15.4 Å². The standard InChI is InChI=1S/C21H23BrN2O4/c1-14-12-17(22)8-9-18(14)24-19(25)10-11-21(27)28-13-20(26)23-15(2)16-6-4-3-5-7-16/h3-9,12,15H,10-11,13H2,1-2H3,(H,23,26)(H,24,25)/t15-/m1/s1. The van der Waals surface area contributed by atoms with Crippen LogP contribution in [0.5, 0.6) is 0 Å². The molecule has 28 heavy (non-hydrogen) atoms. The molecule has 0 aliphatic carbocycles. The first-order valence-electron chi connectivity index (χ1n) is 8.91. The zero-order valence-electron chi connectivity index (χ0n) is 15.8. The Hall–Kier alpha value is -2.67. The van der Waals surface area contributed by atoms with Gasteiger partial charge >= 0.3 is 5.97 Å². The van der Waals surface area contributed by atoms with Crippen molar-refractivity contribution in [2.45, 2.75) is 32.7 Å². The van der Waals surface area contributed by atoms with E-state index in [1.807, 2.05) is 56.3 Å². The third-order valence-electron chi connectivity index (χ3n) is 4.06. The van der Waals surface area contributed by atoms with Gasteiger partial charge in [-0.2, -0.15) is 0 Å². The SMILES string of the molecule is Cc1cc(Br)ccc1NC(=O)CCC(=O)OCC(=O)N[C@H](C)c1ccccc1. The third kappa shape index (κ3) is 7.15. The summed E-state index contributed by atoms with van der Waals surface area (Å²) in [6.45, 7) is 3.36. The Bertz CT molecular complexity index is 840. The van der Waals surface area contributed by atoms with Crippen molar-refractivity contribution in [3.8, 4) is 0 Å². The van der Waals surface area contributed by atoms with Crippen molar-refractivity contribution in [1.29, 1.82) is 0 Å².